The molecule has 4 N–H and O–H groups in total. The molecule has 0 radical (unpaired) electrons. The first-order chi connectivity index (χ1) is 29.0. The van der Waals surface area contributed by atoms with Gasteiger partial charge >= 0.3 is 59.1 Å². The maximum atomic E-state index is 11.3. The summed E-state index contributed by atoms with van der Waals surface area (Å²) in [5.74, 6) is -0.298. The summed E-state index contributed by atoms with van der Waals surface area (Å²) >= 11 is 0. The Morgan fingerprint density at radius 3 is 0.984 bits per heavy atom. The Morgan fingerprint density at radius 1 is 0.359 bits per heavy atom. The third kappa shape index (κ3) is 11.5. The molecule has 0 aliphatic heterocycles. The van der Waals surface area contributed by atoms with Crippen LogP contribution in [0.2, 0.25) is 0 Å². The molecule has 0 fully saturated rings. The van der Waals surface area contributed by atoms with Gasteiger partial charge in [0, 0.05) is 10.8 Å². The van der Waals surface area contributed by atoms with Gasteiger partial charge in [0.15, 0.2) is 0 Å². The summed E-state index contributed by atoms with van der Waals surface area (Å²) in [6.45, 7) is 0. The smallest absolute Gasteiger partial charge is 0.744 e. The molecule has 0 bridgehead atoms. The number of phenols is 2. The molecular weight excluding hydrogens is 935 g/mol. The van der Waals surface area contributed by atoms with Gasteiger partial charge in [-0.05, 0) is 142 Å². The first kappa shape index (κ1) is 50.2. The van der Waals surface area contributed by atoms with Gasteiger partial charge in [-0.1, -0.05) is 24.3 Å². The number of phenolic OH excluding ortho intramolecular Hbond substituents is 2. The number of benzene rings is 8. The summed E-state index contributed by atoms with van der Waals surface area (Å²) in [5, 5.41) is 41.3. The fourth-order valence-corrected chi connectivity index (χ4v) is 8.12. The predicted molar refractivity (Wildman–Crippen MR) is 223 cm³/mol. The Kier molecular flexibility index (Phi) is 15.2. The van der Waals surface area contributed by atoms with E-state index in [-0.39, 0.29) is 113 Å². The second kappa shape index (κ2) is 19.4. The van der Waals surface area contributed by atoms with Crippen LogP contribution in [0.4, 0.5) is 22.7 Å². The van der Waals surface area contributed by atoms with Crippen LogP contribution in [0.25, 0.3) is 43.1 Å². The summed E-state index contributed by atoms with van der Waals surface area (Å²) in [4.78, 5) is -1.26. The molecule has 0 unspecified atom stereocenters. The zero-order valence-electron chi connectivity index (χ0n) is 33.0. The molecule has 64 heavy (non-hydrogen) atoms. The van der Waals surface area contributed by atoms with Gasteiger partial charge in [-0.15, -0.1) is 10.2 Å². The second-order valence-corrected chi connectivity index (χ2v) is 18.9. The van der Waals surface area contributed by atoms with Crippen molar-refractivity contribution in [2.24, 2.45) is 20.5 Å². The maximum Gasteiger partial charge on any atom is 1.00 e. The molecule has 0 atom stereocenters. The Hall–Kier alpha value is -4.76. The molecule has 0 spiro atoms. The second-order valence-electron chi connectivity index (χ2n) is 13.3. The van der Waals surface area contributed by atoms with Gasteiger partial charge in [0.2, 0.25) is 0 Å². The fraction of sp³-hybridized carbons (Fsp3) is 0. The van der Waals surface area contributed by atoms with E-state index in [0.717, 1.165) is 0 Å². The van der Waals surface area contributed by atoms with Crippen molar-refractivity contribution in [1.29, 1.82) is 0 Å². The molecular formula is C40H26N4Na2O14S4. The predicted octanol–water partition coefficient (Wildman–Crippen LogP) is 2.54. The molecule has 0 aliphatic rings. The summed E-state index contributed by atoms with van der Waals surface area (Å²) < 4.78 is 130. The summed E-state index contributed by atoms with van der Waals surface area (Å²) in [6.07, 6.45) is 0. The van der Waals surface area contributed by atoms with Gasteiger partial charge in [0.05, 0.1) is 31.0 Å². The third-order valence-electron chi connectivity index (χ3n) is 9.17. The first-order valence-electron chi connectivity index (χ1n) is 17.3. The first-order valence-corrected chi connectivity index (χ1v) is 23.0. The number of azo groups is 2. The van der Waals surface area contributed by atoms with Crippen molar-refractivity contribution in [3.63, 3.8) is 0 Å². The zero-order chi connectivity index (χ0) is 44.8. The summed E-state index contributed by atoms with van der Waals surface area (Å²) in [6, 6.07) is 30.7. The quantitative estimate of drug-likeness (QED) is 0.0737. The monoisotopic (exact) mass is 960 g/mol. The molecule has 8 rings (SSSR count). The van der Waals surface area contributed by atoms with Crippen LogP contribution in [-0.4, -0.2) is 62.1 Å². The minimum absolute atomic E-state index is 0. The van der Waals surface area contributed by atoms with Crippen LogP contribution in [0.3, 0.4) is 0 Å². The normalized spacial score (nSPS) is 12.3. The summed E-state index contributed by atoms with van der Waals surface area (Å²) in [7, 11) is -17.8. The van der Waals surface area contributed by atoms with Crippen molar-refractivity contribution >= 4 is 106 Å². The number of fused-ring (bicyclic) bond motifs is 4. The van der Waals surface area contributed by atoms with E-state index < -0.39 is 40.5 Å². The van der Waals surface area contributed by atoms with Crippen molar-refractivity contribution in [1.82, 2.24) is 0 Å². The number of rotatable bonds is 8. The maximum absolute atomic E-state index is 11.3. The van der Waals surface area contributed by atoms with Crippen LogP contribution in [-0.2, 0) is 40.5 Å². The van der Waals surface area contributed by atoms with Gasteiger partial charge in [-0.3, -0.25) is 9.11 Å². The van der Waals surface area contributed by atoms with E-state index in [1.807, 2.05) is 0 Å². The van der Waals surface area contributed by atoms with Crippen LogP contribution in [0.5, 0.6) is 11.5 Å². The number of aromatic hydroxyl groups is 2. The van der Waals surface area contributed by atoms with Crippen LogP contribution in [0.1, 0.15) is 0 Å². The standard InChI is InChI=1S/2C20H14N2O7S2.2Na/c2*23-19-8-2-13-9-14-10-17(31(27,28)29)5-1-12(14)11-18(13)20(19)22-21-15-3-6-16(7-4-15)30(24,25)26;;/h2*1-11,23H,(H,24,25,26)(H,27,28,29);;/q;;2*+1/p-2. The molecule has 18 nitrogen and oxygen atoms in total. The largest absolute Gasteiger partial charge is 1.00 e. The van der Waals surface area contributed by atoms with E-state index in [0.29, 0.717) is 43.1 Å². The number of nitrogens with zero attached hydrogens (tertiary/aromatic N) is 4. The van der Waals surface area contributed by atoms with Crippen LogP contribution >= 0.6 is 0 Å². The fourth-order valence-electron chi connectivity index (χ4n) is 6.15. The summed E-state index contributed by atoms with van der Waals surface area (Å²) in [5.41, 5.74) is 0.877. The molecule has 8 aromatic carbocycles. The molecule has 0 saturated heterocycles. The molecule has 316 valence electrons. The molecule has 24 heteroatoms. The van der Waals surface area contributed by atoms with Crippen molar-refractivity contribution in [2.45, 2.75) is 19.6 Å². The molecule has 0 aliphatic carbocycles. The van der Waals surface area contributed by atoms with E-state index in [1.54, 1.807) is 36.4 Å². The Bertz CT molecular complexity index is 3410. The van der Waals surface area contributed by atoms with E-state index in [9.17, 15) is 53.0 Å². The van der Waals surface area contributed by atoms with Gasteiger partial charge in [-0.2, -0.15) is 27.1 Å². The minimum atomic E-state index is -4.59. The Morgan fingerprint density at radius 2 is 0.672 bits per heavy atom. The number of hydrogen-bond donors (Lipinski definition) is 4. The topological polar surface area (TPSA) is 313 Å². The zero-order valence-corrected chi connectivity index (χ0v) is 40.3. The average Bonchev–Trinajstić information content (AvgIpc) is 3.20. The van der Waals surface area contributed by atoms with Gasteiger partial charge in [-0.25, -0.2) is 16.8 Å². The van der Waals surface area contributed by atoms with Gasteiger partial charge < -0.3 is 19.3 Å². The molecule has 8 aromatic rings. The van der Waals surface area contributed by atoms with E-state index in [2.05, 4.69) is 20.5 Å². The van der Waals surface area contributed by atoms with Crippen molar-refractivity contribution < 1.29 is 121 Å². The van der Waals surface area contributed by atoms with Gasteiger partial charge in [0.1, 0.15) is 43.1 Å². The molecule has 0 amide bonds. The minimum Gasteiger partial charge on any atom is -0.744 e. The molecule has 0 heterocycles. The van der Waals surface area contributed by atoms with Crippen LogP contribution in [0.15, 0.2) is 173 Å². The van der Waals surface area contributed by atoms with E-state index >= 15 is 0 Å². The van der Waals surface area contributed by atoms with Crippen molar-refractivity contribution in [3.8, 4) is 11.5 Å². The van der Waals surface area contributed by atoms with Crippen molar-refractivity contribution in [2.75, 3.05) is 0 Å². The SMILES string of the molecule is O=S(=O)([O-])c1ccc2cc3c(N=Nc4ccc(S(=O)(=O)O)cc4)c(O)ccc3cc2c1.O=S(=O)([O-])c1ccc2cc3c(N=Nc4ccc(S(=O)(=O)O)cc4)c(O)ccc3cc2c1.[Na+].[Na+]. The molecule has 0 aromatic heterocycles. The van der Waals surface area contributed by atoms with Gasteiger partial charge in [0.25, 0.3) is 20.2 Å². The van der Waals surface area contributed by atoms with Crippen molar-refractivity contribution in [3.05, 3.63) is 133 Å². The average molecular weight is 961 g/mol. The molecule has 0 saturated carbocycles. The van der Waals surface area contributed by atoms with Crippen LogP contribution < -0.4 is 59.1 Å². The number of hydrogen-bond acceptors (Lipinski definition) is 16. The Balaban J connectivity index is 0.000000234. The third-order valence-corrected chi connectivity index (χ3v) is 12.6. The van der Waals surface area contributed by atoms with E-state index in [1.165, 1.54) is 97.1 Å². The van der Waals surface area contributed by atoms with E-state index in [4.69, 9.17) is 9.11 Å². The Labute approximate surface area is 408 Å². The van der Waals surface area contributed by atoms with Crippen LogP contribution in [0, 0.1) is 0 Å².